The van der Waals surface area contributed by atoms with Gasteiger partial charge in [-0.05, 0) is 38.0 Å². The highest BCUT2D eigenvalue weighted by Gasteiger charge is 2.19. The second kappa shape index (κ2) is 4.76. The maximum Gasteiger partial charge on any atom is 0.186 e. The molecule has 0 spiro atoms. The van der Waals surface area contributed by atoms with E-state index in [2.05, 4.69) is 44.3 Å². The maximum atomic E-state index is 5.52. The molecular formula is C12H20OSi. The van der Waals surface area contributed by atoms with Crippen LogP contribution in [0.15, 0.2) is 24.3 Å². The fourth-order valence-electron chi connectivity index (χ4n) is 1.30. The lowest BCUT2D eigenvalue weighted by Gasteiger charge is -2.19. The van der Waals surface area contributed by atoms with E-state index in [1.54, 1.807) is 0 Å². The van der Waals surface area contributed by atoms with Crippen LogP contribution >= 0.6 is 0 Å². The van der Waals surface area contributed by atoms with Gasteiger partial charge in [-0.15, -0.1) is 0 Å². The van der Waals surface area contributed by atoms with Crippen molar-refractivity contribution in [3.05, 3.63) is 35.4 Å². The van der Waals surface area contributed by atoms with Crippen LogP contribution in [-0.4, -0.2) is 15.4 Å². The van der Waals surface area contributed by atoms with E-state index < -0.39 is 8.32 Å². The maximum absolute atomic E-state index is 5.52. The Morgan fingerprint density at radius 2 is 1.71 bits per heavy atom. The Morgan fingerprint density at radius 3 is 2.21 bits per heavy atom. The monoisotopic (exact) mass is 208 g/mol. The minimum absolute atomic E-state index is 1.15. The van der Waals surface area contributed by atoms with Crippen molar-refractivity contribution in [3.63, 3.8) is 0 Å². The van der Waals surface area contributed by atoms with Gasteiger partial charge in [0.25, 0.3) is 0 Å². The quantitative estimate of drug-likeness (QED) is 0.689. The van der Waals surface area contributed by atoms with E-state index in [9.17, 15) is 0 Å². The summed E-state index contributed by atoms with van der Waals surface area (Å²) in [5, 5.41) is 0. The molecule has 78 valence electrons. The Bertz CT molecular complexity index is 277. The predicted octanol–water partition coefficient (Wildman–Crippen LogP) is 3.39. The van der Waals surface area contributed by atoms with Crippen molar-refractivity contribution >= 4 is 8.32 Å². The molecule has 0 aliphatic rings. The Hall–Kier alpha value is -0.603. The summed E-state index contributed by atoms with van der Waals surface area (Å²) in [6.07, 6.45) is 1.15. The lowest BCUT2D eigenvalue weighted by Crippen LogP contribution is -2.28. The predicted molar refractivity (Wildman–Crippen MR) is 64.2 cm³/mol. The molecule has 1 aromatic carbocycles. The smallest absolute Gasteiger partial charge is 0.186 e. The van der Waals surface area contributed by atoms with E-state index >= 15 is 0 Å². The van der Waals surface area contributed by atoms with Gasteiger partial charge in [-0.3, -0.25) is 0 Å². The summed E-state index contributed by atoms with van der Waals surface area (Å²) in [6.45, 7) is 6.65. The number of benzene rings is 1. The summed E-state index contributed by atoms with van der Waals surface area (Å²) < 4.78 is 5.52. The lowest BCUT2D eigenvalue weighted by molar-refractivity contribution is 0.403. The molecule has 0 aromatic heterocycles. The average molecular weight is 208 g/mol. The molecule has 14 heavy (non-hydrogen) atoms. The summed E-state index contributed by atoms with van der Waals surface area (Å²) >= 11 is 0. The Kier molecular flexibility index (Phi) is 3.90. The van der Waals surface area contributed by atoms with Crippen molar-refractivity contribution in [2.24, 2.45) is 0 Å². The third-order valence-electron chi connectivity index (χ3n) is 2.69. The Morgan fingerprint density at radius 1 is 1.14 bits per heavy atom. The molecule has 0 saturated carbocycles. The molecule has 0 unspecified atom stereocenters. The molecule has 1 aromatic rings. The standard InChI is InChI=1S/C12H20OSi/c1-11-5-7-12(8-6-11)9-10-14(3,4)13-2/h5-8H,9-10H2,1-4H3. The van der Waals surface area contributed by atoms with Crippen molar-refractivity contribution in [3.8, 4) is 0 Å². The lowest BCUT2D eigenvalue weighted by atomic mass is 10.1. The first-order valence-corrected chi connectivity index (χ1v) is 8.26. The zero-order chi connectivity index (χ0) is 10.6. The highest BCUT2D eigenvalue weighted by Crippen LogP contribution is 2.14. The van der Waals surface area contributed by atoms with Crippen molar-refractivity contribution in [1.82, 2.24) is 0 Å². The van der Waals surface area contributed by atoms with Gasteiger partial charge in [0.1, 0.15) is 0 Å². The zero-order valence-electron chi connectivity index (χ0n) is 9.63. The highest BCUT2D eigenvalue weighted by atomic mass is 28.4. The van der Waals surface area contributed by atoms with Crippen molar-refractivity contribution < 1.29 is 4.43 Å². The zero-order valence-corrected chi connectivity index (χ0v) is 10.6. The van der Waals surface area contributed by atoms with Gasteiger partial charge in [0.15, 0.2) is 8.32 Å². The first-order valence-electron chi connectivity index (χ1n) is 5.14. The second-order valence-corrected chi connectivity index (χ2v) is 8.88. The van der Waals surface area contributed by atoms with Gasteiger partial charge in [-0.2, -0.15) is 0 Å². The van der Waals surface area contributed by atoms with Crippen LogP contribution in [0.2, 0.25) is 19.1 Å². The van der Waals surface area contributed by atoms with E-state index in [-0.39, 0.29) is 0 Å². The fraction of sp³-hybridized carbons (Fsp3) is 0.500. The van der Waals surface area contributed by atoms with E-state index in [4.69, 9.17) is 4.43 Å². The van der Waals surface area contributed by atoms with Gasteiger partial charge in [0, 0.05) is 7.11 Å². The topological polar surface area (TPSA) is 9.23 Å². The van der Waals surface area contributed by atoms with Gasteiger partial charge in [0.2, 0.25) is 0 Å². The summed E-state index contributed by atoms with van der Waals surface area (Å²) in [4.78, 5) is 0. The number of rotatable bonds is 4. The largest absolute Gasteiger partial charge is 0.420 e. The molecule has 0 bridgehead atoms. The van der Waals surface area contributed by atoms with Crippen LogP contribution in [0.5, 0.6) is 0 Å². The molecule has 0 radical (unpaired) electrons. The first-order chi connectivity index (χ1) is 6.53. The fourth-order valence-corrected chi connectivity index (χ4v) is 2.40. The van der Waals surface area contributed by atoms with E-state index in [0.29, 0.717) is 0 Å². The molecule has 0 aliphatic heterocycles. The normalized spacial score (nSPS) is 11.7. The van der Waals surface area contributed by atoms with Crippen LogP contribution in [0.3, 0.4) is 0 Å². The van der Waals surface area contributed by atoms with Gasteiger partial charge < -0.3 is 4.43 Å². The van der Waals surface area contributed by atoms with Gasteiger partial charge >= 0.3 is 0 Å². The number of hydrogen-bond donors (Lipinski definition) is 0. The van der Waals surface area contributed by atoms with Gasteiger partial charge in [-0.1, -0.05) is 29.8 Å². The minimum Gasteiger partial charge on any atom is -0.420 e. The minimum atomic E-state index is -1.37. The summed E-state index contributed by atoms with van der Waals surface area (Å²) in [7, 11) is 0.461. The number of aryl methyl sites for hydroxylation is 2. The second-order valence-electron chi connectivity index (χ2n) is 4.45. The molecule has 1 nitrogen and oxygen atoms in total. The van der Waals surface area contributed by atoms with E-state index in [0.717, 1.165) is 6.42 Å². The first kappa shape index (κ1) is 11.5. The third-order valence-corrected chi connectivity index (χ3v) is 5.25. The average Bonchev–Trinajstić information content (AvgIpc) is 2.17. The van der Waals surface area contributed by atoms with Crippen molar-refractivity contribution in [2.45, 2.75) is 32.5 Å². The molecule has 0 fully saturated rings. The highest BCUT2D eigenvalue weighted by molar-refractivity contribution is 6.71. The number of hydrogen-bond acceptors (Lipinski definition) is 1. The molecule has 0 atom stereocenters. The van der Waals surface area contributed by atoms with Crippen LogP contribution in [0.1, 0.15) is 11.1 Å². The summed E-state index contributed by atoms with van der Waals surface area (Å²) in [5.41, 5.74) is 2.75. The van der Waals surface area contributed by atoms with E-state index in [1.807, 2.05) is 7.11 Å². The Labute approximate surface area is 88.2 Å². The van der Waals surface area contributed by atoms with E-state index in [1.165, 1.54) is 17.2 Å². The molecule has 0 amide bonds. The molecule has 2 heteroatoms. The van der Waals surface area contributed by atoms with Crippen LogP contribution in [-0.2, 0) is 10.8 Å². The SMILES string of the molecule is CO[Si](C)(C)CCc1ccc(C)cc1. The van der Waals surface area contributed by atoms with Gasteiger partial charge in [0.05, 0.1) is 0 Å². The summed E-state index contributed by atoms with van der Waals surface area (Å²) in [5.74, 6) is 0. The van der Waals surface area contributed by atoms with Crippen LogP contribution in [0.25, 0.3) is 0 Å². The van der Waals surface area contributed by atoms with Crippen LogP contribution in [0, 0.1) is 6.92 Å². The third kappa shape index (κ3) is 3.64. The molecular weight excluding hydrogens is 188 g/mol. The molecule has 1 rings (SSSR count). The molecule has 0 N–H and O–H groups in total. The summed E-state index contributed by atoms with van der Waals surface area (Å²) in [6, 6.07) is 9.99. The van der Waals surface area contributed by atoms with Gasteiger partial charge in [-0.25, -0.2) is 0 Å². The molecule has 0 saturated heterocycles. The molecule has 0 aliphatic carbocycles. The molecule has 0 heterocycles. The van der Waals surface area contributed by atoms with Crippen molar-refractivity contribution in [2.75, 3.05) is 7.11 Å². The Balaban J connectivity index is 2.50. The van der Waals surface area contributed by atoms with Crippen LogP contribution in [0.4, 0.5) is 0 Å². The van der Waals surface area contributed by atoms with Crippen LogP contribution < -0.4 is 0 Å². The van der Waals surface area contributed by atoms with Crippen molar-refractivity contribution in [1.29, 1.82) is 0 Å².